The number of hydrogen-bond donors (Lipinski definition) is 2. The Hall–Kier alpha value is -1.21. The van der Waals surface area contributed by atoms with E-state index in [1.54, 1.807) is 13.8 Å². The number of sulfonamides is 1. The number of anilines is 1. The van der Waals surface area contributed by atoms with Gasteiger partial charge in [-0.1, -0.05) is 0 Å². The van der Waals surface area contributed by atoms with Crippen LogP contribution in [0.15, 0.2) is 17.0 Å². The van der Waals surface area contributed by atoms with Crippen molar-refractivity contribution in [3.8, 4) is 0 Å². The molecule has 96 valence electrons. The summed E-state index contributed by atoms with van der Waals surface area (Å²) in [6.45, 7) is 2.24. The molecule has 0 saturated carbocycles. The van der Waals surface area contributed by atoms with Gasteiger partial charge in [0.2, 0.25) is 10.0 Å². The van der Waals surface area contributed by atoms with E-state index in [-0.39, 0.29) is 4.90 Å². The monoisotopic (exact) mass is 264 g/mol. The number of nitrogens with two attached hydrogens (primary N) is 1. The van der Waals surface area contributed by atoms with Gasteiger partial charge in [-0.25, -0.2) is 21.9 Å². The minimum atomic E-state index is -3.92. The fraction of sp³-hybridized carbons (Fsp3) is 0.400. The Morgan fingerprint density at radius 1 is 1.29 bits per heavy atom. The largest absolute Gasteiger partial charge is 0.399 e. The van der Waals surface area contributed by atoms with Crippen molar-refractivity contribution in [1.82, 2.24) is 4.72 Å². The molecule has 7 heteroatoms. The van der Waals surface area contributed by atoms with E-state index >= 15 is 0 Å². The third kappa shape index (κ3) is 3.37. The Labute approximate surface area is 98.9 Å². The van der Waals surface area contributed by atoms with Crippen molar-refractivity contribution in [2.24, 2.45) is 0 Å². The maximum absolute atomic E-state index is 12.0. The Balaban J connectivity index is 3.16. The molecule has 0 aliphatic heterocycles. The molecule has 1 rings (SSSR count). The fourth-order valence-corrected chi connectivity index (χ4v) is 3.11. The summed E-state index contributed by atoms with van der Waals surface area (Å²) in [5.74, 6) is 0. The molecule has 4 nitrogen and oxygen atoms in total. The molecule has 0 aliphatic carbocycles. The van der Waals surface area contributed by atoms with Crippen LogP contribution >= 0.6 is 0 Å². The normalized spacial score (nSPS) is 12.1. The van der Waals surface area contributed by atoms with Crippen LogP contribution in [-0.4, -0.2) is 21.4 Å². The SMILES string of the molecule is Cc1cc(N)cc(C)c1S(=O)(=O)NCC(F)F. The van der Waals surface area contributed by atoms with Crippen molar-refractivity contribution in [3.63, 3.8) is 0 Å². The van der Waals surface area contributed by atoms with E-state index in [1.165, 1.54) is 12.1 Å². The maximum atomic E-state index is 12.0. The van der Waals surface area contributed by atoms with Gasteiger partial charge in [0.05, 0.1) is 11.4 Å². The topological polar surface area (TPSA) is 72.2 Å². The summed E-state index contributed by atoms with van der Waals surface area (Å²) in [5, 5.41) is 0. The Kier molecular flexibility index (Phi) is 4.05. The van der Waals surface area contributed by atoms with E-state index in [1.807, 2.05) is 4.72 Å². The molecule has 0 aliphatic rings. The van der Waals surface area contributed by atoms with E-state index in [2.05, 4.69) is 0 Å². The standard InChI is InChI=1S/C10H14F2N2O2S/c1-6-3-8(13)4-7(2)10(6)17(15,16)14-5-9(11)12/h3-4,9,14H,5,13H2,1-2H3. The first-order chi connectivity index (χ1) is 7.74. The summed E-state index contributed by atoms with van der Waals surface area (Å²) in [4.78, 5) is 0.00681. The highest BCUT2D eigenvalue weighted by molar-refractivity contribution is 7.89. The Morgan fingerprint density at radius 3 is 2.18 bits per heavy atom. The van der Waals surface area contributed by atoms with E-state index in [0.717, 1.165) is 0 Å². The van der Waals surface area contributed by atoms with Crippen LogP contribution in [0.3, 0.4) is 0 Å². The number of nitrogens with one attached hydrogen (secondary N) is 1. The zero-order valence-electron chi connectivity index (χ0n) is 9.50. The van der Waals surface area contributed by atoms with Crippen LogP contribution in [-0.2, 0) is 10.0 Å². The second-order valence-electron chi connectivity index (χ2n) is 3.73. The zero-order chi connectivity index (χ0) is 13.2. The summed E-state index contributed by atoms with van der Waals surface area (Å²) in [6, 6.07) is 2.98. The van der Waals surface area contributed by atoms with Gasteiger partial charge in [-0.2, -0.15) is 0 Å². The van der Waals surface area contributed by atoms with Gasteiger partial charge < -0.3 is 5.73 Å². The molecule has 17 heavy (non-hydrogen) atoms. The third-order valence-corrected chi connectivity index (χ3v) is 3.91. The number of halogens is 2. The summed E-state index contributed by atoms with van der Waals surface area (Å²) in [7, 11) is -3.92. The molecule has 0 unspecified atom stereocenters. The van der Waals surface area contributed by atoms with Crippen molar-refractivity contribution >= 4 is 15.7 Å². The van der Waals surface area contributed by atoms with Crippen LogP contribution in [0, 0.1) is 13.8 Å². The van der Waals surface area contributed by atoms with E-state index in [4.69, 9.17) is 5.73 Å². The lowest BCUT2D eigenvalue weighted by Crippen LogP contribution is -2.29. The summed E-state index contributed by atoms with van der Waals surface area (Å²) in [5.41, 5.74) is 6.87. The highest BCUT2D eigenvalue weighted by atomic mass is 32.2. The zero-order valence-corrected chi connectivity index (χ0v) is 10.3. The van der Waals surface area contributed by atoms with Crippen LogP contribution in [0.5, 0.6) is 0 Å². The van der Waals surface area contributed by atoms with E-state index < -0.39 is 23.0 Å². The number of rotatable bonds is 4. The molecule has 0 radical (unpaired) electrons. The molecule has 3 N–H and O–H groups in total. The van der Waals surface area contributed by atoms with Gasteiger partial charge in [0.1, 0.15) is 0 Å². The molecule has 0 aromatic heterocycles. The molecule has 0 amide bonds. The molecule has 0 heterocycles. The molecular formula is C10H14F2N2O2S. The number of benzene rings is 1. The van der Waals surface area contributed by atoms with Crippen molar-refractivity contribution in [3.05, 3.63) is 23.3 Å². The van der Waals surface area contributed by atoms with Crippen molar-refractivity contribution in [1.29, 1.82) is 0 Å². The molecular weight excluding hydrogens is 250 g/mol. The lowest BCUT2D eigenvalue weighted by Gasteiger charge is -2.12. The fourth-order valence-electron chi connectivity index (χ4n) is 1.65. The van der Waals surface area contributed by atoms with Crippen LogP contribution in [0.1, 0.15) is 11.1 Å². The number of alkyl halides is 2. The first kappa shape index (κ1) is 13.9. The number of aryl methyl sites for hydroxylation is 2. The average Bonchev–Trinajstić information content (AvgIpc) is 2.12. The molecule has 0 fully saturated rings. The molecule has 0 spiro atoms. The summed E-state index contributed by atoms with van der Waals surface area (Å²) in [6.07, 6.45) is -2.72. The number of nitrogen functional groups attached to an aromatic ring is 1. The van der Waals surface area contributed by atoms with Gasteiger partial charge in [-0.15, -0.1) is 0 Å². The minimum absolute atomic E-state index is 0.00681. The van der Waals surface area contributed by atoms with Crippen LogP contribution in [0.25, 0.3) is 0 Å². The lowest BCUT2D eigenvalue weighted by atomic mass is 10.1. The second-order valence-corrected chi connectivity index (χ2v) is 5.43. The van der Waals surface area contributed by atoms with Gasteiger partial charge in [0.15, 0.2) is 0 Å². The van der Waals surface area contributed by atoms with Crippen LogP contribution in [0.4, 0.5) is 14.5 Å². The van der Waals surface area contributed by atoms with E-state index in [0.29, 0.717) is 16.8 Å². The first-order valence-corrected chi connectivity index (χ1v) is 6.37. The predicted octanol–water partition coefficient (Wildman–Crippen LogP) is 1.43. The number of hydrogen-bond acceptors (Lipinski definition) is 3. The van der Waals surface area contributed by atoms with Gasteiger partial charge in [0, 0.05) is 5.69 Å². The maximum Gasteiger partial charge on any atom is 0.251 e. The van der Waals surface area contributed by atoms with Gasteiger partial charge in [0.25, 0.3) is 6.43 Å². The second kappa shape index (κ2) is 4.97. The van der Waals surface area contributed by atoms with Crippen molar-refractivity contribution in [2.75, 3.05) is 12.3 Å². The van der Waals surface area contributed by atoms with Gasteiger partial charge in [-0.05, 0) is 37.1 Å². The van der Waals surface area contributed by atoms with Crippen molar-refractivity contribution in [2.45, 2.75) is 25.2 Å². The highest BCUT2D eigenvalue weighted by Gasteiger charge is 2.20. The predicted molar refractivity (Wildman–Crippen MR) is 61.5 cm³/mol. The summed E-state index contributed by atoms with van der Waals surface area (Å²) < 4.78 is 49.5. The van der Waals surface area contributed by atoms with Crippen LogP contribution in [0.2, 0.25) is 0 Å². The molecule has 0 saturated heterocycles. The molecule has 0 atom stereocenters. The average molecular weight is 264 g/mol. The quantitative estimate of drug-likeness (QED) is 0.808. The Morgan fingerprint density at radius 2 is 1.76 bits per heavy atom. The molecule has 1 aromatic rings. The van der Waals surface area contributed by atoms with E-state index in [9.17, 15) is 17.2 Å². The molecule has 1 aromatic carbocycles. The first-order valence-electron chi connectivity index (χ1n) is 4.88. The van der Waals surface area contributed by atoms with Crippen LogP contribution < -0.4 is 10.5 Å². The molecule has 0 bridgehead atoms. The third-order valence-electron chi connectivity index (χ3n) is 2.18. The van der Waals surface area contributed by atoms with Crippen molar-refractivity contribution < 1.29 is 17.2 Å². The lowest BCUT2D eigenvalue weighted by molar-refractivity contribution is 0.153. The van der Waals surface area contributed by atoms with Gasteiger partial charge in [-0.3, -0.25) is 0 Å². The Bertz CT molecular complexity index is 492. The smallest absolute Gasteiger partial charge is 0.251 e. The highest BCUT2D eigenvalue weighted by Crippen LogP contribution is 2.22. The minimum Gasteiger partial charge on any atom is -0.399 e. The summed E-state index contributed by atoms with van der Waals surface area (Å²) >= 11 is 0. The van der Waals surface area contributed by atoms with Gasteiger partial charge >= 0.3 is 0 Å².